The van der Waals surface area contributed by atoms with E-state index in [1.54, 1.807) is 29.2 Å². The maximum absolute atomic E-state index is 13.6. The first-order valence-corrected chi connectivity index (χ1v) is 15.5. The molecular formula is C33H37F2N3O6S. The summed E-state index contributed by atoms with van der Waals surface area (Å²) in [4.78, 5) is 39.3. The van der Waals surface area contributed by atoms with Crippen LogP contribution in [0.3, 0.4) is 0 Å². The Hall–Kier alpha value is -3.84. The molecule has 1 fully saturated rings. The number of rotatable bonds is 13. The van der Waals surface area contributed by atoms with Gasteiger partial charge in [-0.05, 0) is 65.1 Å². The Kier molecular flexibility index (Phi) is 11.3. The predicted molar refractivity (Wildman–Crippen MR) is 168 cm³/mol. The van der Waals surface area contributed by atoms with Crippen molar-refractivity contribution in [1.29, 1.82) is 0 Å². The second kappa shape index (κ2) is 15.0. The quantitative estimate of drug-likeness (QED) is 0.207. The maximum Gasteiger partial charge on any atom is 0.264 e. The monoisotopic (exact) mass is 641 g/mol. The highest BCUT2D eigenvalue weighted by molar-refractivity contribution is 8.00. The molecule has 3 aromatic rings. The molecule has 240 valence electrons. The molecule has 0 aromatic heterocycles. The summed E-state index contributed by atoms with van der Waals surface area (Å²) in [6, 6.07) is 17.1. The number of amides is 3. The number of nitrogens with zero attached hydrogens (tertiary/aromatic N) is 1. The lowest BCUT2D eigenvalue weighted by molar-refractivity contribution is -0.131. The van der Waals surface area contributed by atoms with E-state index in [4.69, 9.17) is 4.74 Å². The number of hydrogen-bond acceptors (Lipinski definition) is 8. The Morgan fingerprint density at radius 3 is 2.13 bits per heavy atom. The van der Waals surface area contributed by atoms with E-state index >= 15 is 0 Å². The number of hydrogen-bond donors (Lipinski definition) is 4. The number of aliphatic hydroxyl groups excluding tert-OH is 2. The van der Waals surface area contributed by atoms with Crippen molar-refractivity contribution in [2.45, 2.75) is 44.2 Å². The van der Waals surface area contributed by atoms with E-state index in [0.29, 0.717) is 17.0 Å². The fourth-order valence-electron chi connectivity index (χ4n) is 4.82. The number of β-lactam (4-membered cyclic amide) rings is 1. The molecular weight excluding hydrogens is 604 g/mol. The Morgan fingerprint density at radius 1 is 0.956 bits per heavy atom. The van der Waals surface area contributed by atoms with Crippen LogP contribution in [0.25, 0.3) is 0 Å². The molecule has 45 heavy (non-hydrogen) atoms. The number of aliphatic hydroxyl groups is 2. The highest BCUT2D eigenvalue weighted by Gasteiger charge is 2.49. The Bertz CT molecular complexity index is 1470. The molecule has 0 radical (unpaired) electrons. The zero-order valence-corrected chi connectivity index (χ0v) is 26.0. The highest BCUT2D eigenvalue weighted by Crippen LogP contribution is 2.46. The molecule has 1 unspecified atom stereocenters. The number of thioether (sulfide) groups is 1. The normalized spacial score (nSPS) is 17.8. The zero-order chi connectivity index (χ0) is 32.7. The van der Waals surface area contributed by atoms with Gasteiger partial charge in [0.15, 0.2) is 6.61 Å². The average molecular weight is 642 g/mol. The third-order valence-corrected chi connectivity index (χ3v) is 8.77. The van der Waals surface area contributed by atoms with Crippen molar-refractivity contribution in [3.8, 4) is 5.75 Å². The smallest absolute Gasteiger partial charge is 0.264 e. The summed E-state index contributed by atoms with van der Waals surface area (Å²) >= 11 is 1.27. The minimum absolute atomic E-state index is 0.145. The van der Waals surface area contributed by atoms with Gasteiger partial charge in [0.05, 0.1) is 25.3 Å². The Balaban J connectivity index is 1.38. The maximum atomic E-state index is 13.6. The van der Waals surface area contributed by atoms with E-state index < -0.39 is 47.5 Å². The van der Waals surface area contributed by atoms with Gasteiger partial charge in [-0.1, -0.05) is 45.0 Å². The van der Waals surface area contributed by atoms with Crippen LogP contribution >= 0.6 is 11.8 Å². The Morgan fingerprint density at radius 2 is 1.56 bits per heavy atom. The molecule has 0 bridgehead atoms. The second-order valence-electron chi connectivity index (χ2n) is 11.8. The van der Waals surface area contributed by atoms with E-state index in [1.807, 2.05) is 20.8 Å². The number of imide groups is 1. The third-order valence-electron chi connectivity index (χ3n) is 7.45. The van der Waals surface area contributed by atoms with Crippen LogP contribution in [-0.4, -0.2) is 64.7 Å². The van der Waals surface area contributed by atoms with Crippen molar-refractivity contribution >= 4 is 35.2 Å². The van der Waals surface area contributed by atoms with Gasteiger partial charge in [0, 0.05) is 17.5 Å². The van der Waals surface area contributed by atoms with Gasteiger partial charge in [-0.3, -0.25) is 19.7 Å². The number of anilines is 1. The van der Waals surface area contributed by atoms with Crippen LogP contribution in [0.4, 0.5) is 14.5 Å². The molecule has 3 aromatic carbocycles. The van der Waals surface area contributed by atoms with E-state index in [0.717, 1.165) is 5.56 Å². The van der Waals surface area contributed by atoms with Crippen LogP contribution in [0.5, 0.6) is 5.75 Å². The number of carbonyl (C=O) groups excluding carboxylic acids is 3. The van der Waals surface area contributed by atoms with Crippen LogP contribution in [0.15, 0.2) is 72.8 Å². The van der Waals surface area contributed by atoms with Crippen molar-refractivity contribution in [2.75, 3.05) is 30.4 Å². The van der Waals surface area contributed by atoms with Gasteiger partial charge in [-0.25, -0.2) is 8.78 Å². The summed E-state index contributed by atoms with van der Waals surface area (Å²) in [6.07, 6.45) is -0.914. The lowest BCUT2D eigenvalue weighted by Crippen LogP contribution is -2.57. The molecule has 1 saturated heterocycles. The largest absolute Gasteiger partial charge is 0.484 e. The van der Waals surface area contributed by atoms with E-state index in [1.165, 1.54) is 60.3 Å². The molecule has 0 aliphatic carbocycles. The fourth-order valence-corrected chi connectivity index (χ4v) is 6.12. The number of halogens is 2. The minimum atomic E-state index is -0.914. The molecule has 9 nitrogen and oxygen atoms in total. The number of ether oxygens (including phenoxy) is 1. The molecule has 1 aliphatic rings. The molecule has 4 rings (SSSR count). The summed E-state index contributed by atoms with van der Waals surface area (Å²) in [5.74, 6) is -1.67. The second-order valence-corrected chi connectivity index (χ2v) is 12.9. The van der Waals surface area contributed by atoms with Crippen molar-refractivity contribution in [1.82, 2.24) is 10.6 Å². The molecule has 12 heteroatoms. The molecule has 4 N–H and O–H groups in total. The van der Waals surface area contributed by atoms with Gasteiger partial charge >= 0.3 is 0 Å². The first-order valence-electron chi connectivity index (χ1n) is 14.4. The molecule has 1 heterocycles. The number of carbonyl (C=O) groups is 3. The molecule has 3 amide bonds. The highest BCUT2D eigenvalue weighted by atomic mass is 32.2. The summed E-state index contributed by atoms with van der Waals surface area (Å²) in [5.41, 5.74) is 1.53. The van der Waals surface area contributed by atoms with Crippen LogP contribution in [0.2, 0.25) is 0 Å². The van der Waals surface area contributed by atoms with E-state index in [-0.39, 0.29) is 36.3 Å². The molecule has 1 aliphatic heterocycles. The average Bonchev–Trinajstić information content (AvgIpc) is 3.00. The summed E-state index contributed by atoms with van der Waals surface area (Å²) in [5, 5.41) is 24.8. The molecule has 0 spiro atoms. The number of benzene rings is 3. The van der Waals surface area contributed by atoms with Crippen molar-refractivity contribution in [3.63, 3.8) is 0 Å². The number of nitrogens with one attached hydrogen (secondary N) is 2. The van der Waals surface area contributed by atoms with E-state index in [9.17, 15) is 33.4 Å². The van der Waals surface area contributed by atoms with Crippen molar-refractivity contribution in [3.05, 3.63) is 95.6 Å². The first kappa shape index (κ1) is 34.0. The fraction of sp³-hybridized carbons (Fsp3) is 0.364. The topological polar surface area (TPSA) is 128 Å². The molecule has 0 saturated carbocycles. The summed E-state index contributed by atoms with van der Waals surface area (Å²) in [6.45, 7) is 5.06. The zero-order valence-electron chi connectivity index (χ0n) is 25.2. The van der Waals surface area contributed by atoms with Crippen LogP contribution in [0.1, 0.15) is 44.0 Å². The van der Waals surface area contributed by atoms with Gasteiger partial charge in [-0.15, -0.1) is 11.8 Å². The SMILES string of the molecule is CC(C)(C)[C@H](CO)NCC(=O)NC(=O)COc1ccc([C@@H]2[C@@H](SCC(O)c3ccc(F)cc3)C(=O)N2c2ccc(F)cc2)cc1. The van der Waals surface area contributed by atoms with E-state index in [2.05, 4.69) is 10.6 Å². The van der Waals surface area contributed by atoms with Crippen LogP contribution in [-0.2, 0) is 14.4 Å². The van der Waals surface area contributed by atoms with Crippen LogP contribution < -0.4 is 20.3 Å². The molecule has 4 atom stereocenters. The van der Waals surface area contributed by atoms with Gasteiger partial charge < -0.3 is 25.2 Å². The van der Waals surface area contributed by atoms with Crippen LogP contribution in [0, 0.1) is 17.0 Å². The van der Waals surface area contributed by atoms with Gasteiger partial charge in [0.2, 0.25) is 11.8 Å². The van der Waals surface area contributed by atoms with Gasteiger partial charge in [-0.2, -0.15) is 0 Å². The minimum Gasteiger partial charge on any atom is -0.484 e. The lowest BCUT2D eigenvalue weighted by Gasteiger charge is -2.47. The van der Waals surface area contributed by atoms with Crippen molar-refractivity contribution < 1.29 is 38.1 Å². The summed E-state index contributed by atoms with van der Waals surface area (Å²) < 4.78 is 32.5. The third kappa shape index (κ3) is 8.88. The predicted octanol–water partition coefficient (Wildman–Crippen LogP) is 3.91. The standard InChI is InChI=1S/C33H37F2N3O6S/c1-33(2,3)27(17-39)36-16-28(41)37-29(42)18-44-25-14-6-21(7-15-25)30-31(32(43)38(30)24-12-10-23(35)11-13-24)45-19-26(40)20-4-8-22(34)9-5-20/h4-15,26-27,30-31,36,39-40H,16-19H2,1-3H3,(H,37,41,42)/t26?,27-,30+,31+/m0/s1. The first-order chi connectivity index (χ1) is 21.4. The lowest BCUT2D eigenvalue weighted by atomic mass is 9.87. The Labute approximate surface area is 265 Å². The van der Waals surface area contributed by atoms with Crippen molar-refractivity contribution in [2.24, 2.45) is 5.41 Å². The summed E-state index contributed by atoms with van der Waals surface area (Å²) in [7, 11) is 0. The van der Waals surface area contributed by atoms with Gasteiger partial charge in [0.25, 0.3) is 5.91 Å². The van der Waals surface area contributed by atoms with Gasteiger partial charge in [0.1, 0.15) is 22.6 Å².